The van der Waals surface area contributed by atoms with Crippen LogP contribution in [0, 0.1) is 11.6 Å². The van der Waals surface area contributed by atoms with E-state index in [0.717, 1.165) is 34.4 Å². The van der Waals surface area contributed by atoms with Gasteiger partial charge in [-0.05, 0) is 48.2 Å². The molecule has 1 aliphatic carbocycles. The molecule has 0 aliphatic heterocycles. The lowest BCUT2D eigenvalue weighted by molar-refractivity contribution is -0.121. The highest BCUT2D eigenvalue weighted by molar-refractivity contribution is 6.00. The second-order valence-electron chi connectivity index (χ2n) is 8.62. The Bertz CT molecular complexity index is 1290. The van der Waals surface area contributed by atoms with E-state index >= 15 is 0 Å². The lowest BCUT2D eigenvalue weighted by Crippen LogP contribution is -2.52. The normalized spacial score (nSPS) is 12.5. The average Bonchev–Trinajstić information content (AvgIpc) is 3.13. The molecule has 7 nitrogen and oxygen atoms in total. The third kappa shape index (κ3) is 4.57. The minimum Gasteiger partial charge on any atom is -0.477 e. The third-order valence-electron chi connectivity index (χ3n) is 5.88. The van der Waals surface area contributed by atoms with Gasteiger partial charge in [-0.3, -0.25) is 4.79 Å². The number of carboxylic acids is 1. The van der Waals surface area contributed by atoms with Crippen LogP contribution < -0.4 is 10.6 Å². The maximum absolute atomic E-state index is 14.4. The summed E-state index contributed by atoms with van der Waals surface area (Å²) in [6.07, 6.45) is -0.863. The summed E-state index contributed by atoms with van der Waals surface area (Å²) in [5.41, 5.74) is 0.908. The molecule has 3 aromatic carbocycles. The second kappa shape index (κ2) is 9.17. The fraction of sp³-hybridized carbons (Fsp3) is 0.192. The molecule has 0 spiro atoms. The van der Waals surface area contributed by atoms with E-state index in [1.54, 1.807) is 0 Å². The maximum atomic E-state index is 14.4. The minimum atomic E-state index is -1.81. The van der Waals surface area contributed by atoms with E-state index in [1.807, 2.05) is 48.5 Å². The number of anilines is 1. The molecule has 2 amide bonds. The molecular formula is C26H22F2N2O5. The molecule has 0 saturated carbocycles. The fourth-order valence-corrected chi connectivity index (χ4v) is 4.07. The zero-order valence-electron chi connectivity index (χ0n) is 18.9. The first kappa shape index (κ1) is 23.9. The Labute approximate surface area is 199 Å². The summed E-state index contributed by atoms with van der Waals surface area (Å²) < 4.78 is 33.4. The number of carbonyl (C=O) groups is 3. The van der Waals surface area contributed by atoms with Crippen molar-refractivity contribution in [2.45, 2.75) is 25.3 Å². The molecule has 0 saturated heterocycles. The molecule has 0 unspecified atom stereocenters. The van der Waals surface area contributed by atoms with Gasteiger partial charge in [0.2, 0.25) is 5.91 Å². The minimum absolute atomic E-state index is 0.0339. The number of rotatable bonds is 6. The zero-order chi connectivity index (χ0) is 25.3. The Morgan fingerprint density at radius 3 is 2.09 bits per heavy atom. The van der Waals surface area contributed by atoms with Crippen molar-refractivity contribution in [1.82, 2.24) is 5.32 Å². The molecule has 0 heterocycles. The number of carboxylic acid groups (broad SMARTS) is 1. The number of hydrogen-bond acceptors (Lipinski definition) is 4. The van der Waals surface area contributed by atoms with Gasteiger partial charge in [-0.1, -0.05) is 48.5 Å². The van der Waals surface area contributed by atoms with Gasteiger partial charge in [-0.15, -0.1) is 0 Å². The van der Waals surface area contributed by atoms with Gasteiger partial charge in [-0.2, -0.15) is 0 Å². The molecule has 0 fully saturated rings. The summed E-state index contributed by atoms with van der Waals surface area (Å²) in [6.45, 7) is 2.76. The molecule has 35 heavy (non-hydrogen) atoms. The van der Waals surface area contributed by atoms with Gasteiger partial charge in [0.25, 0.3) is 0 Å². The number of ether oxygens (including phenoxy) is 1. The number of halogens is 2. The predicted molar refractivity (Wildman–Crippen MR) is 124 cm³/mol. The van der Waals surface area contributed by atoms with E-state index < -0.39 is 46.4 Å². The molecule has 3 aromatic rings. The van der Waals surface area contributed by atoms with E-state index in [4.69, 9.17) is 9.84 Å². The van der Waals surface area contributed by atoms with Gasteiger partial charge < -0.3 is 20.5 Å². The highest BCUT2D eigenvalue weighted by Crippen LogP contribution is 2.44. The van der Waals surface area contributed by atoms with Gasteiger partial charge in [0.05, 0.1) is 5.69 Å². The van der Waals surface area contributed by atoms with Crippen LogP contribution in [0.4, 0.5) is 19.3 Å². The van der Waals surface area contributed by atoms with Gasteiger partial charge in [0, 0.05) is 5.92 Å². The summed E-state index contributed by atoms with van der Waals surface area (Å²) in [5, 5.41) is 13.6. The summed E-state index contributed by atoms with van der Waals surface area (Å²) in [4.78, 5) is 36.3. The van der Waals surface area contributed by atoms with Gasteiger partial charge in [0.15, 0.2) is 5.82 Å². The van der Waals surface area contributed by atoms with Crippen molar-refractivity contribution in [3.8, 4) is 11.1 Å². The SMILES string of the molecule is CC(C)(NC(=O)OCC1c2ccccc2-c2ccccc21)C(=O)Nc1ccc(F)c(C(=O)O)c1F. The smallest absolute Gasteiger partial charge is 0.408 e. The summed E-state index contributed by atoms with van der Waals surface area (Å²) in [7, 11) is 0. The van der Waals surface area contributed by atoms with Crippen molar-refractivity contribution in [2.75, 3.05) is 11.9 Å². The van der Waals surface area contributed by atoms with Crippen molar-refractivity contribution in [2.24, 2.45) is 0 Å². The van der Waals surface area contributed by atoms with E-state index in [9.17, 15) is 23.2 Å². The lowest BCUT2D eigenvalue weighted by atomic mass is 9.98. The Balaban J connectivity index is 1.43. The first-order valence-electron chi connectivity index (χ1n) is 10.8. The van der Waals surface area contributed by atoms with Crippen molar-refractivity contribution in [3.05, 3.63) is 89.0 Å². The van der Waals surface area contributed by atoms with Crippen LogP contribution in [0.25, 0.3) is 11.1 Å². The fourth-order valence-electron chi connectivity index (χ4n) is 4.07. The van der Waals surface area contributed by atoms with Crippen LogP contribution in [0.1, 0.15) is 41.3 Å². The first-order valence-corrected chi connectivity index (χ1v) is 10.8. The summed E-state index contributed by atoms with van der Waals surface area (Å²) in [6, 6.07) is 17.3. The van der Waals surface area contributed by atoms with Crippen molar-refractivity contribution >= 4 is 23.7 Å². The molecule has 0 aromatic heterocycles. The number of hydrogen-bond donors (Lipinski definition) is 3. The average molecular weight is 480 g/mol. The van der Waals surface area contributed by atoms with Crippen LogP contribution in [0.15, 0.2) is 60.7 Å². The van der Waals surface area contributed by atoms with Gasteiger partial charge >= 0.3 is 12.1 Å². The number of carbonyl (C=O) groups excluding carboxylic acids is 2. The Kier molecular flexibility index (Phi) is 6.26. The molecular weight excluding hydrogens is 458 g/mol. The topological polar surface area (TPSA) is 105 Å². The number of benzene rings is 3. The number of alkyl carbamates (subject to hydrolysis) is 1. The van der Waals surface area contributed by atoms with Gasteiger partial charge in [0.1, 0.15) is 23.5 Å². The molecule has 9 heteroatoms. The van der Waals surface area contributed by atoms with E-state index in [1.165, 1.54) is 13.8 Å². The van der Waals surface area contributed by atoms with Crippen LogP contribution in [-0.4, -0.2) is 35.2 Å². The number of fused-ring (bicyclic) bond motifs is 3. The molecule has 1 aliphatic rings. The monoisotopic (exact) mass is 480 g/mol. The molecule has 0 radical (unpaired) electrons. The van der Waals surface area contributed by atoms with Crippen molar-refractivity contribution in [3.63, 3.8) is 0 Å². The van der Waals surface area contributed by atoms with Gasteiger partial charge in [-0.25, -0.2) is 18.4 Å². The first-order chi connectivity index (χ1) is 16.6. The van der Waals surface area contributed by atoms with Crippen LogP contribution in [-0.2, 0) is 9.53 Å². The summed E-state index contributed by atoms with van der Waals surface area (Å²) >= 11 is 0. The Morgan fingerprint density at radius 2 is 1.51 bits per heavy atom. The van der Waals surface area contributed by atoms with Crippen LogP contribution in [0.5, 0.6) is 0 Å². The zero-order valence-corrected chi connectivity index (χ0v) is 18.9. The van der Waals surface area contributed by atoms with E-state index in [0.29, 0.717) is 0 Å². The Hall–Kier alpha value is -4.27. The van der Waals surface area contributed by atoms with Crippen LogP contribution in [0.2, 0.25) is 0 Å². The molecule has 3 N–H and O–H groups in total. The van der Waals surface area contributed by atoms with Crippen LogP contribution in [0.3, 0.4) is 0 Å². The molecule has 0 bridgehead atoms. The third-order valence-corrected chi connectivity index (χ3v) is 5.88. The maximum Gasteiger partial charge on any atom is 0.408 e. The molecule has 0 atom stereocenters. The molecule has 180 valence electrons. The highest BCUT2D eigenvalue weighted by Gasteiger charge is 2.33. The predicted octanol–water partition coefficient (Wildman–Crippen LogP) is 4.92. The summed E-state index contributed by atoms with van der Waals surface area (Å²) in [5.74, 6) is -5.54. The highest BCUT2D eigenvalue weighted by atomic mass is 19.1. The lowest BCUT2D eigenvalue weighted by Gasteiger charge is -2.25. The number of aromatic carboxylic acids is 1. The Morgan fingerprint density at radius 1 is 0.943 bits per heavy atom. The van der Waals surface area contributed by atoms with Crippen molar-refractivity contribution < 1.29 is 33.0 Å². The standard InChI is InChI=1S/C26H22F2N2O5/c1-26(2,24(33)29-20-12-11-19(27)21(22(20)28)23(31)32)30-25(34)35-13-18-16-9-5-3-7-14(16)15-8-4-6-10-17(15)18/h3-12,18H,13H2,1-2H3,(H,29,33)(H,30,34)(H,31,32). The molecule has 4 rings (SSSR count). The van der Waals surface area contributed by atoms with Crippen LogP contribution >= 0.6 is 0 Å². The number of amides is 2. The quantitative estimate of drug-likeness (QED) is 0.465. The largest absolute Gasteiger partial charge is 0.477 e. The van der Waals surface area contributed by atoms with E-state index in [2.05, 4.69) is 10.6 Å². The number of nitrogens with one attached hydrogen (secondary N) is 2. The van der Waals surface area contributed by atoms with Crippen molar-refractivity contribution in [1.29, 1.82) is 0 Å². The second-order valence-corrected chi connectivity index (χ2v) is 8.62. The van der Waals surface area contributed by atoms with E-state index in [-0.39, 0.29) is 12.5 Å².